The summed E-state index contributed by atoms with van der Waals surface area (Å²) in [5.74, 6) is -0.727. The number of nitrogens with zero attached hydrogens (tertiary/aromatic N) is 1. The number of sulfonamides is 1. The van der Waals surface area contributed by atoms with E-state index in [-0.39, 0.29) is 28.4 Å². The minimum atomic E-state index is -3.79. The number of para-hydroxylation sites is 1. The van der Waals surface area contributed by atoms with Crippen LogP contribution in [0.2, 0.25) is 0 Å². The Morgan fingerprint density at radius 1 is 1.03 bits per heavy atom. The summed E-state index contributed by atoms with van der Waals surface area (Å²) in [5, 5.41) is 10.1. The molecule has 0 radical (unpaired) electrons. The predicted octanol–water partition coefficient (Wildman–Crippen LogP) is 4.00. The van der Waals surface area contributed by atoms with Gasteiger partial charge in [0.25, 0.3) is 10.0 Å². The molecule has 1 aliphatic heterocycles. The van der Waals surface area contributed by atoms with E-state index in [9.17, 15) is 23.1 Å². The molecule has 0 spiro atoms. The zero-order chi connectivity index (χ0) is 24.6. The lowest BCUT2D eigenvalue weighted by Crippen LogP contribution is -2.35. The van der Waals surface area contributed by atoms with E-state index in [0.717, 1.165) is 18.4 Å². The first kappa shape index (κ1) is 22.7. The molecule has 0 saturated carbocycles. The van der Waals surface area contributed by atoms with Gasteiger partial charge in [0.1, 0.15) is 17.9 Å². The topological polar surface area (TPSA) is 114 Å². The minimum absolute atomic E-state index is 0.0575. The molecule has 0 atom stereocenters. The second-order valence-corrected chi connectivity index (χ2v) is 10.0. The van der Waals surface area contributed by atoms with Crippen LogP contribution in [0.4, 0.5) is 5.69 Å². The predicted molar refractivity (Wildman–Crippen MR) is 129 cm³/mol. The summed E-state index contributed by atoms with van der Waals surface area (Å²) < 4.78 is 38.4. The fourth-order valence-electron chi connectivity index (χ4n) is 4.20. The maximum atomic E-state index is 13.3. The van der Waals surface area contributed by atoms with Gasteiger partial charge in [-0.3, -0.25) is 4.31 Å². The Kier molecular flexibility index (Phi) is 5.78. The molecule has 8 nitrogen and oxygen atoms in total. The normalized spacial score (nSPS) is 13.4. The van der Waals surface area contributed by atoms with Gasteiger partial charge in [-0.2, -0.15) is 0 Å². The van der Waals surface area contributed by atoms with Crippen LogP contribution in [0, 0.1) is 0 Å². The summed E-state index contributed by atoms with van der Waals surface area (Å²) in [6.45, 7) is 0.191. The van der Waals surface area contributed by atoms with E-state index in [1.54, 1.807) is 12.1 Å². The quantitative estimate of drug-likeness (QED) is 0.332. The molecule has 1 N–H and O–H groups in total. The van der Waals surface area contributed by atoms with Crippen LogP contribution in [0.5, 0.6) is 5.75 Å². The van der Waals surface area contributed by atoms with Crippen molar-refractivity contribution in [1.29, 1.82) is 0 Å². The summed E-state index contributed by atoms with van der Waals surface area (Å²) in [7, 11) is -3.79. The molecular weight excluding hydrogens is 470 g/mol. The number of carbonyl (C=O) groups is 1. The van der Waals surface area contributed by atoms with Gasteiger partial charge in [-0.05, 0) is 60.9 Å². The number of ether oxygens (including phenoxy) is 1. The van der Waals surface area contributed by atoms with Crippen LogP contribution < -0.4 is 9.93 Å². The highest BCUT2D eigenvalue weighted by Crippen LogP contribution is 2.32. The van der Waals surface area contributed by atoms with Crippen LogP contribution >= 0.6 is 0 Å². The molecular formula is C26H21NO7S. The Balaban J connectivity index is 1.34. The second-order valence-electron chi connectivity index (χ2n) is 8.18. The van der Waals surface area contributed by atoms with Crippen molar-refractivity contribution >= 4 is 32.6 Å². The second kappa shape index (κ2) is 8.92. The lowest BCUT2D eigenvalue weighted by Gasteiger charge is -2.30. The Bertz CT molecular complexity index is 1590. The largest absolute Gasteiger partial charge is 0.508 e. The SMILES string of the molecule is O=C(OCc1cc(=O)oc2cc(O)ccc12)c1ccc(S(=O)(=O)N2CCCc3ccccc32)cc1. The van der Waals surface area contributed by atoms with E-state index in [4.69, 9.17) is 9.15 Å². The number of anilines is 1. The first-order valence-corrected chi connectivity index (χ1v) is 12.4. The lowest BCUT2D eigenvalue weighted by molar-refractivity contribution is 0.0473. The Morgan fingerprint density at radius 3 is 2.60 bits per heavy atom. The first-order chi connectivity index (χ1) is 16.8. The van der Waals surface area contributed by atoms with Gasteiger partial charge in [-0.15, -0.1) is 0 Å². The molecule has 9 heteroatoms. The number of hydrogen-bond donors (Lipinski definition) is 1. The summed E-state index contributed by atoms with van der Waals surface area (Å²) >= 11 is 0. The van der Waals surface area contributed by atoms with E-state index in [1.807, 2.05) is 18.2 Å². The van der Waals surface area contributed by atoms with Crippen LogP contribution in [-0.4, -0.2) is 26.0 Å². The molecule has 4 aromatic rings. The van der Waals surface area contributed by atoms with E-state index >= 15 is 0 Å². The summed E-state index contributed by atoms with van der Waals surface area (Å²) in [4.78, 5) is 24.5. The van der Waals surface area contributed by atoms with Crippen molar-refractivity contribution in [1.82, 2.24) is 0 Å². The molecule has 0 amide bonds. The van der Waals surface area contributed by atoms with Crippen molar-refractivity contribution in [3.8, 4) is 5.75 Å². The van der Waals surface area contributed by atoms with Crippen LogP contribution in [0.25, 0.3) is 11.0 Å². The highest BCUT2D eigenvalue weighted by atomic mass is 32.2. The van der Waals surface area contributed by atoms with Crippen molar-refractivity contribution in [3.05, 3.63) is 99.9 Å². The monoisotopic (exact) mass is 491 g/mol. The molecule has 0 unspecified atom stereocenters. The van der Waals surface area contributed by atoms with Crippen molar-refractivity contribution in [2.45, 2.75) is 24.3 Å². The van der Waals surface area contributed by atoms with Crippen LogP contribution in [0.1, 0.15) is 27.9 Å². The molecule has 2 heterocycles. The smallest absolute Gasteiger partial charge is 0.338 e. The molecule has 3 aromatic carbocycles. The van der Waals surface area contributed by atoms with Gasteiger partial charge in [-0.1, -0.05) is 18.2 Å². The standard InChI is InChI=1S/C26H21NO7S/c28-20-9-12-22-19(14-25(29)34-24(22)15-20)16-33-26(30)18-7-10-21(11-8-18)35(31,32)27-13-3-5-17-4-1-2-6-23(17)27/h1-2,4,6-12,14-15,28H,3,5,13,16H2. The van der Waals surface area contributed by atoms with Gasteiger partial charge in [0.15, 0.2) is 0 Å². The molecule has 0 fully saturated rings. The van der Waals surface area contributed by atoms with Crippen molar-refractivity contribution < 1.29 is 27.5 Å². The van der Waals surface area contributed by atoms with Gasteiger partial charge in [0.2, 0.25) is 0 Å². The summed E-state index contributed by atoms with van der Waals surface area (Å²) in [6, 6.07) is 18.5. The maximum absolute atomic E-state index is 13.3. The van der Waals surface area contributed by atoms with Crippen molar-refractivity contribution in [2.75, 3.05) is 10.8 Å². The number of carbonyl (C=O) groups excluding carboxylic acids is 1. The van der Waals surface area contributed by atoms with Crippen molar-refractivity contribution in [3.63, 3.8) is 0 Å². The van der Waals surface area contributed by atoms with Crippen LogP contribution in [0.15, 0.2) is 86.9 Å². The average Bonchev–Trinajstić information content (AvgIpc) is 2.86. The first-order valence-electron chi connectivity index (χ1n) is 11.0. The zero-order valence-corrected chi connectivity index (χ0v) is 19.3. The van der Waals surface area contributed by atoms with Gasteiger partial charge in [0.05, 0.1) is 16.1 Å². The number of fused-ring (bicyclic) bond motifs is 2. The molecule has 0 aliphatic carbocycles. The number of phenolic OH excluding ortho intramolecular Hbond substituents is 1. The number of benzene rings is 3. The third-order valence-electron chi connectivity index (χ3n) is 5.92. The van der Waals surface area contributed by atoms with Crippen LogP contribution in [-0.2, 0) is 27.8 Å². The number of phenols is 1. The molecule has 178 valence electrons. The third kappa shape index (κ3) is 4.38. The number of hydrogen-bond acceptors (Lipinski definition) is 7. The van der Waals surface area contributed by atoms with E-state index in [2.05, 4.69) is 0 Å². The molecule has 1 aliphatic rings. The number of aryl methyl sites for hydroxylation is 1. The van der Waals surface area contributed by atoms with Gasteiger partial charge in [-0.25, -0.2) is 18.0 Å². The Morgan fingerprint density at radius 2 is 1.80 bits per heavy atom. The van der Waals surface area contributed by atoms with Gasteiger partial charge >= 0.3 is 11.6 Å². The molecule has 0 saturated heterocycles. The fourth-order valence-corrected chi connectivity index (χ4v) is 5.74. The minimum Gasteiger partial charge on any atom is -0.508 e. The molecule has 1 aromatic heterocycles. The van der Waals surface area contributed by atoms with Gasteiger partial charge < -0.3 is 14.3 Å². The van der Waals surface area contributed by atoms with E-state index < -0.39 is 21.6 Å². The number of esters is 1. The van der Waals surface area contributed by atoms with E-state index in [1.165, 1.54) is 46.8 Å². The number of aromatic hydroxyl groups is 1. The van der Waals surface area contributed by atoms with E-state index in [0.29, 0.717) is 23.2 Å². The molecule has 0 bridgehead atoms. The Hall–Kier alpha value is -4.11. The zero-order valence-electron chi connectivity index (χ0n) is 18.5. The third-order valence-corrected chi connectivity index (χ3v) is 7.75. The Labute approximate surface area is 201 Å². The fraction of sp³-hybridized carbons (Fsp3) is 0.154. The van der Waals surface area contributed by atoms with Crippen molar-refractivity contribution in [2.24, 2.45) is 0 Å². The molecule has 5 rings (SSSR count). The molecule has 35 heavy (non-hydrogen) atoms. The summed E-state index contributed by atoms with van der Waals surface area (Å²) in [6.07, 6.45) is 1.56. The highest BCUT2D eigenvalue weighted by molar-refractivity contribution is 7.92. The van der Waals surface area contributed by atoms with Gasteiger partial charge in [0, 0.05) is 29.6 Å². The highest BCUT2D eigenvalue weighted by Gasteiger charge is 2.29. The number of rotatable bonds is 5. The average molecular weight is 492 g/mol. The lowest BCUT2D eigenvalue weighted by atomic mass is 10.0. The maximum Gasteiger partial charge on any atom is 0.338 e. The van der Waals surface area contributed by atoms with Crippen LogP contribution in [0.3, 0.4) is 0 Å². The summed E-state index contributed by atoms with van der Waals surface area (Å²) in [5.41, 5.74) is 1.80.